The summed E-state index contributed by atoms with van der Waals surface area (Å²) in [5.74, 6) is 0.226. The Kier molecular flexibility index (Phi) is 4.95. The van der Waals surface area contributed by atoms with E-state index in [1.54, 1.807) is 0 Å². The van der Waals surface area contributed by atoms with Crippen LogP contribution in [0.25, 0.3) is 0 Å². The largest absolute Gasteiger partial charge is 0.293 e. The Morgan fingerprint density at radius 1 is 1.33 bits per heavy atom. The summed E-state index contributed by atoms with van der Waals surface area (Å²) >= 11 is 2.25. The highest BCUT2D eigenvalue weighted by Gasteiger charge is 2.15. The lowest BCUT2D eigenvalue weighted by atomic mass is 10.1. The summed E-state index contributed by atoms with van der Waals surface area (Å²) in [6, 6.07) is 7.82. The minimum absolute atomic E-state index is 0.226. The van der Waals surface area contributed by atoms with E-state index in [2.05, 4.69) is 40.5 Å². The van der Waals surface area contributed by atoms with E-state index < -0.39 is 0 Å². The lowest BCUT2D eigenvalue weighted by Gasteiger charge is -2.26. The molecule has 1 aromatic carbocycles. The molecule has 0 aliphatic carbocycles. The van der Waals surface area contributed by atoms with E-state index >= 15 is 0 Å². The molecule has 2 nitrogen and oxygen atoms in total. The number of nitrogens with zero attached hydrogens (tertiary/aromatic N) is 1. The van der Waals surface area contributed by atoms with Gasteiger partial charge in [-0.05, 0) is 47.6 Å². The van der Waals surface area contributed by atoms with Crippen LogP contribution in [0.3, 0.4) is 0 Å². The summed E-state index contributed by atoms with van der Waals surface area (Å²) in [4.78, 5) is 14.4. The lowest BCUT2D eigenvalue weighted by Crippen LogP contribution is -2.34. The average molecular weight is 355 g/mol. The summed E-state index contributed by atoms with van der Waals surface area (Å²) in [6.45, 7) is 4.67. The zero-order valence-corrected chi connectivity index (χ0v) is 12.8. The smallest absolute Gasteiger partial charge is 0.176 e. The van der Waals surface area contributed by atoms with Gasteiger partial charge in [0.1, 0.15) is 0 Å². The van der Waals surface area contributed by atoms with Crippen molar-refractivity contribution in [3.05, 3.63) is 45.0 Å². The van der Waals surface area contributed by atoms with E-state index in [4.69, 9.17) is 0 Å². The number of rotatable bonds is 4. The monoisotopic (exact) mass is 355 g/mol. The van der Waals surface area contributed by atoms with Gasteiger partial charge in [0.15, 0.2) is 5.78 Å². The number of Topliss-reactive ketones (excluding diaryl/α,β-unsaturated/α-hetero) is 1. The summed E-state index contributed by atoms with van der Waals surface area (Å²) < 4.78 is 1.17. The van der Waals surface area contributed by atoms with Gasteiger partial charge in [0.05, 0.1) is 6.54 Å². The fourth-order valence-corrected chi connectivity index (χ4v) is 2.56. The van der Waals surface area contributed by atoms with Gasteiger partial charge in [0.2, 0.25) is 0 Å². The zero-order chi connectivity index (χ0) is 13.0. The molecule has 1 heterocycles. The van der Waals surface area contributed by atoms with Gasteiger partial charge in [-0.1, -0.05) is 30.7 Å². The van der Waals surface area contributed by atoms with E-state index in [9.17, 15) is 4.79 Å². The molecular weight excluding hydrogens is 337 g/mol. The van der Waals surface area contributed by atoms with Crippen molar-refractivity contribution in [2.24, 2.45) is 0 Å². The highest BCUT2D eigenvalue weighted by molar-refractivity contribution is 14.1. The predicted octanol–water partition coefficient (Wildman–Crippen LogP) is 3.52. The number of hydrogen-bond donors (Lipinski definition) is 0. The van der Waals surface area contributed by atoms with Crippen molar-refractivity contribution in [2.75, 3.05) is 19.6 Å². The number of ketones is 1. The fraction of sp³-hybridized carbons (Fsp3) is 0.400. The van der Waals surface area contributed by atoms with Crippen LogP contribution in [0.4, 0.5) is 0 Å². The third kappa shape index (κ3) is 3.65. The minimum Gasteiger partial charge on any atom is -0.293 e. The van der Waals surface area contributed by atoms with Gasteiger partial charge in [0, 0.05) is 22.2 Å². The first-order valence-corrected chi connectivity index (χ1v) is 7.46. The highest BCUT2D eigenvalue weighted by Crippen LogP contribution is 2.14. The maximum atomic E-state index is 12.2. The van der Waals surface area contributed by atoms with Crippen LogP contribution in [0, 0.1) is 3.57 Å². The van der Waals surface area contributed by atoms with E-state index in [1.165, 1.54) is 9.14 Å². The third-order valence-electron chi connectivity index (χ3n) is 3.29. The van der Waals surface area contributed by atoms with E-state index in [0.29, 0.717) is 6.54 Å². The number of carbonyl (C=O) groups is 1. The average Bonchev–Trinajstić information content (AvgIpc) is 2.39. The molecule has 1 aliphatic rings. The van der Waals surface area contributed by atoms with Crippen LogP contribution in [0.5, 0.6) is 0 Å². The Labute approximate surface area is 122 Å². The Bertz CT molecular complexity index is 450. The molecule has 3 heteroatoms. The minimum atomic E-state index is 0.226. The number of halogens is 1. The van der Waals surface area contributed by atoms with E-state index in [0.717, 1.165) is 31.5 Å². The second-order valence-corrected chi connectivity index (χ2v) is 5.89. The molecule has 1 aliphatic heterocycles. The van der Waals surface area contributed by atoms with Crippen LogP contribution in [0.15, 0.2) is 35.9 Å². The van der Waals surface area contributed by atoms with Gasteiger partial charge in [-0.25, -0.2) is 0 Å². The van der Waals surface area contributed by atoms with E-state index in [1.807, 2.05) is 24.3 Å². The molecule has 2 rings (SSSR count). The first-order valence-electron chi connectivity index (χ1n) is 6.38. The van der Waals surface area contributed by atoms with Gasteiger partial charge in [0.25, 0.3) is 0 Å². The number of hydrogen-bond acceptors (Lipinski definition) is 2. The van der Waals surface area contributed by atoms with E-state index in [-0.39, 0.29) is 5.78 Å². The van der Waals surface area contributed by atoms with Gasteiger partial charge in [-0.2, -0.15) is 0 Å². The number of carbonyl (C=O) groups excluding carboxylic acids is 1. The van der Waals surface area contributed by atoms with Gasteiger partial charge >= 0.3 is 0 Å². The van der Waals surface area contributed by atoms with Crippen LogP contribution < -0.4 is 0 Å². The molecule has 0 atom stereocenters. The molecular formula is C15H18INO. The molecule has 0 aromatic heterocycles. The summed E-state index contributed by atoms with van der Waals surface area (Å²) in [5, 5.41) is 0. The highest BCUT2D eigenvalue weighted by atomic mass is 127. The Balaban J connectivity index is 1.96. The third-order valence-corrected chi connectivity index (χ3v) is 4.01. The van der Waals surface area contributed by atoms with Crippen molar-refractivity contribution < 1.29 is 4.79 Å². The lowest BCUT2D eigenvalue weighted by molar-refractivity contribution is 0.0934. The van der Waals surface area contributed by atoms with Crippen molar-refractivity contribution in [3.8, 4) is 0 Å². The molecule has 0 saturated heterocycles. The van der Waals surface area contributed by atoms with Crippen LogP contribution in [0.2, 0.25) is 0 Å². The molecule has 0 spiro atoms. The molecule has 0 radical (unpaired) electrons. The van der Waals surface area contributed by atoms with Crippen molar-refractivity contribution in [2.45, 2.75) is 19.8 Å². The second-order valence-electron chi connectivity index (χ2n) is 4.65. The Morgan fingerprint density at radius 3 is 2.72 bits per heavy atom. The predicted molar refractivity (Wildman–Crippen MR) is 82.9 cm³/mol. The molecule has 0 bridgehead atoms. The van der Waals surface area contributed by atoms with Crippen molar-refractivity contribution in [3.63, 3.8) is 0 Å². The first kappa shape index (κ1) is 13.7. The van der Waals surface area contributed by atoms with Crippen LogP contribution in [0.1, 0.15) is 30.1 Å². The maximum absolute atomic E-state index is 12.2. The van der Waals surface area contributed by atoms with Crippen molar-refractivity contribution in [1.29, 1.82) is 0 Å². The zero-order valence-electron chi connectivity index (χ0n) is 10.7. The molecule has 0 amide bonds. The topological polar surface area (TPSA) is 20.3 Å². The summed E-state index contributed by atoms with van der Waals surface area (Å²) in [6.07, 6.45) is 4.48. The molecule has 0 unspecified atom stereocenters. The maximum Gasteiger partial charge on any atom is 0.176 e. The molecule has 96 valence electrons. The fourth-order valence-electron chi connectivity index (χ4n) is 2.20. The molecule has 18 heavy (non-hydrogen) atoms. The van der Waals surface area contributed by atoms with Crippen molar-refractivity contribution >= 4 is 28.4 Å². The summed E-state index contributed by atoms with van der Waals surface area (Å²) in [7, 11) is 0. The Hall–Kier alpha value is -0.680. The standard InChI is InChI=1S/C15H18INO/c1-2-12-4-3-9-17(10-12)11-15(18)13-5-7-14(16)8-6-13/h4-8H,2-3,9-11H2,1H3. The molecule has 1 aromatic rings. The number of benzene rings is 1. The second kappa shape index (κ2) is 6.48. The Morgan fingerprint density at radius 2 is 2.06 bits per heavy atom. The quantitative estimate of drug-likeness (QED) is 0.468. The van der Waals surface area contributed by atoms with Gasteiger partial charge in [-0.3, -0.25) is 9.69 Å². The molecule has 0 N–H and O–H groups in total. The van der Waals surface area contributed by atoms with Crippen molar-refractivity contribution in [1.82, 2.24) is 4.90 Å². The molecule has 0 fully saturated rings. The first-order chi connectivity index (χ1) is 8.69. The molecule has 0 saturated carbocycles. The van der Waals surface area contributed by atoms with Gasteiger partial charge in [-0.15, -0.1) is 0 Å². The van der Waals surface area contributed by atoms with Crippen LogP contribution in [-0.4, -0.2) is 30.3 Å². The summed E-state index contributed by atoms with van der Waals surface area (Å²) in [5.41, 5.74) is 2.28. The SMILES string of the molecule is CCC1=CCCN(CC(=O)c2ccc(I)cc2)C1. The van der Waals surface area contributed by atoms with Crippen LogP contribution >= 0.6 is 22.6 Å². The van der Waals surface area contributed by atoms with Gasteiger partial charge < -0.3 is 0 Å². The van der Waals surface area contributed by atoms with Crippen LogP contribution in [-0.2, 0) is 0 Å². The normalized spacial score (nSPS) is 16.4.